The molecule has 7 heteroatoms. The Morgan fingerprint density at radius 2 is 1.71 bits per heavy atom. The summed E-state index contributed by atoms with van der Waals surface area (Å²) in [6.07, 6.45) is 3.57. The number of carbonyl (C=O) groups is 1. The second-order valence-electron chi connectivity index (χ2n) is 8.59. The molecule has 31 heavy (non-hydrogen) atoms. The number of nitrogens with zero attached hydrogens (tertiary/aromatic N) is 2. The highest BCUT2D eigenvalue weighted by Gasteiger charge is 2.28. The van der Waals surface area contributed by atoms with E-state index in [4.69, 9.17) is 0 Å². The van der Waals surface area contributed by atoms with Crippen molar-refractivity contribution in [3.63, 3.8) is 0 Å². The van der Waals surface area contributed by atoms with Crippen LogP contribution in [0, 0.1) is 6.92 Å². The molecule has 2 heterocycles. The average Bonchev–Trinajstić information content (AvgIpc) is 3.33. The van der Waals surface area contributed by atoms with E-state index in [0.29, 0.717) is 18.7 Å². The van der Waals surface area contributed by atoms with E-state index in [1.807, 2.05) is 0 Å². The summed E-state index contributed by atoms with van der Waals surface area (Å²) in [4.78, 5) is 15.4. The first kappa shape index (κ1) is 22.0. The Labute approximate surface area is 185 Å². The van der Waals surface area contributed by atoms with Crippen LogP contribution in [0.4, 0.5) is 0 Å². The van der Waals surface area contributed by atoms with Crippen LogP contribution in [0.1, 0.15) is 47.2 Å². The van der Waals surface area contributed by atoms with Gasteiger partial charge in [0.2, 0.25) is 10.0 Å². The largest absolute Gasteiger partial charge is 0.349 e. The monoisotopic (exact) mass is 441 g/mol. The SMILES string of the molecule is Cc1ccccc1CN1CCC(NC(=O)c2cccc(S(=O)(=O)N3CCCC3)c2)CC1. The van der Waals surface area contributed by atoms with E-state index >= 15 is 0 Å². The Morgan fingerprint density at radius 1 is 1.00 bits per heavy atom. The van der Waals surface area contributed by atoms with Crippen molar-refractivity contribution in [2.45, 2.75) is 50.1 Å². The fraction of sp³-hybridized carbons (Fsp3) is 0.458. The number of carbonyl (C=O) groups excluding carboxylic acids is 1. The van der Waals surface area contributed by atoms with Crippen molar-refractivity contribution in [2.24, 2.45) is 0 Å². The first-order valence-electron chi connectivity index (χ1n) is 11.1. The molecule has 4 rings (SSSR count). The first-order valence-corrected chi connectivity index (χ1v) is 12.6. The number of rotatable bonds is 6. The lowest BCUT2D eigenvalue weighted by molar-refractivity contribution is 0.0908. The van der Waals surface area contributed by atoms with Crippen LogP contribution < -0.4 is 5.32 Å². The van der Waals surface area contributed by atoms with Crippen molar-refractivity contribution in [3.8, 4) is 0 Å². The minimum atomic E-state index is -3.52. The summed E-state index contributed by atoms with van der Waals surface area (Å²) in [5, 5.41) is 3.11. The zero-order chi connectivity index (χ0) is 21.8. The molecule has 0 saturated carbocycles. The number of amides is 1. The predicted molar refractivity (Wildman–Crippen MR) is 121 cm³/mol. The number of hydrogen-bond donors (Lipinski definition) is 1. The Morgan fingerprint density at radius 3 is 2.42 bits per heavy atom. The van der Waals surface area contributed by atoms with Crippen LogP contribution in [0.5, 0.6) is 0 Å². The van der Waals surface area contributed by atoms with Gasteiger partial charge in [0.1, 0.15) is 0 Å². The lowest BCUT2D eigenvalue weighted by Crippen LogP contribution is -2.44. The highest BCUT2D eigenvalue weighted by atomic mass is 32.2. The quantitative estimate of drug-likeness (QED) is 0.748. The van der Waals surface area contributed by atoms with Crippen LogP contribution in [0.15, 0.2) is 53.4 Å². The Balaban J connectivity index is 1.34. The van der Waals surface area contributed by atoms with Crippen molar-refractivity contribution in [3.05, 3.63) is 65.2 Å². The van der Waals surface area contributed by atoms with E-state index < -0.39 is 10.0 Å². The zero-order valence-electron chi connectivity index (χ0n) is 18.1. The molecular formula is C24H31N3O3S. The van der Waals surface area contributed by atoms with Gasteiger partial charge in [0, 0.05) is 44.3 Å². The topological polar surface area (TPSA) is 69.7 Å². The molecule has 2 aromatic carbocycles. The van der Waals surface area contributed by atoms with Gasteiger partial charge in [-0.05, 0) is 61.9 Å². The maximum atomic E-state index is 12.8. The van der Waals surface area contributed by atoms with Crippen LogP contribution >= 0.6 is 0 Å². The van der Waals surface area contributed by atoms with Crippen molar-refractivity contribution in [1.29, 1.82) is 0 Å². The molecular weight excluding hydrogens is 410 g/mol. The molecule has 1 N–H and O–H groups in total. The van der Waals surface area contributed by atoms with E-state index in [2.05, 4.69) is 41.4 Å². The number of likely N-dealkylation sites (tertiary alicyclic amines) is 1. The van der Waals surface area contributed by atoms with Gasteiger partial charge in [-0.2, -0.15) is 4.31 Å². The average molecular weight is 442 g/mol. The fourth-order valence-corrected chi connectivity index (χ4v) is 5.97. The number of hydrogen-bond acceptors (Lipinski definition) is 4. The van der Waals surface area contributed by atoms with Crippen LogP contribution in [0.3, 0.4) is 0 Å². The van der Waals surface area contributed by atoms with Crippen LogP contribution in [0.25, 0.3) is 0 Å². The van der Waals surface area contributed by atoms with Crippen molar-refractivity contribution < 1.29 is 13.2 Å². The van der Waals surface area contributed by atoms with E-state index in [-0.39, 0.29) is 16.8 Å². The molecule has 2 fully saturated rings. The number of benzene rings is 2. The van der Waals surface area contributed by atoms with Gasteiger partial charge in [0.15, 0.2) is 0 Å². The minimum absolute atomic E-state index is 0.111. The molecule has 0 bridgehead atoms. The number of piperidine rings is 1. The highest BCUT2D eigenvalue weighted by molar-refractivity contribution is 7.89. The summed E-state index contributed by atoms with van der Waals surface area (Å²) in [5.41, 5.74) is 3.06. The lowest BCUT2D eigenvalue weighted by Gasteiger charge is -2.32. The smallest absolute Gasteiger partial charge is 0.251 e. The molecule has 0 aliphatic carbocycles. The first-order chi connectivity index (χ1) is 14.9. The van der Waals surface area contributed by atoms with Gasteiger partial charge in [0.05, 0.1) is 4.90 Å². The molecule has 2 saturated heterocycles. The third kappa shape index (κ3) is 5.17. The third-order valence-electron chi connectivity index (χ3n) is 6.38. The molecule has 0 spiro atoms. The fourth-order valence-electron chi connectivity index (χ4n) is 4.41. The molecule has 0 radical (unpaired) electrons. The van der Waals surface area contributed by atoms with Crippen LogP contribution in [-0.2, 0) is 16.6 Å². The van der Waals surface area contributed by atoms with E-state index in [9.17, 15) is 13.2 Å². The van der Waals surface area contributed by atoms with Crippen LogP contribution in [0.2, 0.25) is 0 Å². The normalized spacial score (nSPS) is 18.9. The molecule has 2 aliphatic heterocycles. The second kappa shape index (κ2) is 9.51. The van der Waals surface area contributed by atoms with Gasteiger partial charge < -0.3 is 5.32 Å². The Bertz CT molecular complexity index is 1020. The summed E-state index contributed by atoms with van der Waals surface area (Å²) < 4.78 is 27.1. The summed E-state index contributed by atoms with van der Waals surface area (Å²) >= 11 is 0. The summed E-state index contributed by atoms with van der Waals surface area (Å²) in [6.45, 7) is 6.05. The molecule has 2 aliphatic rings. The zero-order valence-corrected chi connectivity index (χ0v) is 18.9. The highest BCUT2D eigenvalue weighted by Crippen LogP contribution is 2.22. The summed E-state index contributed by atoms with van der Waals surface area (Å²) in [5.74, 6) is -0.198. The third-order valence-corrected chi connectivity index (χ3v) is 8.27. The van der Waals surface area contributed by atoms with Gasteiger partial charge in [0.25, 0.3) is 5.91 Å². The van der Waals surface area contributed by atoms with Crippen molar-refractivity contribution >= 4 is 15.9 Å². The molecule has 6 nitrogen and oxygen atoms in total. The van der Waals surface area contributed by atoms with Gasteiger partial charge >= 0.3 is 0 Å². The van der Waals surface area contributed by atoms with Gasteiger partial charge in [-0.25, -0.2) is 8.42 Å². The molecule has 166 valence electrons. The summed E-state index contributed by atoms with van der Waals surface area (Å²) in [6, 6.07) is 15.0. The van der Waals surface area contributed by atoms with Gasteiger partial charge in [-0.15, -0.1) is 0 Å². The van der Waals surface area contributed by atoms with Crippen molar-refractivity contribution in [1.82, 2.24) is 14.5 Å². The van der Waals surface area contributed by atoms with Gasteiger partial charge in [-0.3, -0.25) is 9.69 Å². The molecule has 1 amide bonds. The Kier molecular flexibility index (Phi) is 6.74. The standard InChI is InChI=1S/C24H31N3O3S/c1-19-7-2-3-8-21(19)18-26-15-11-22(12-16-26)25-24(28)20-9-6-10-23(17-20)31(29,30)27-13-4-5-14-27/h2-3,6-10,17,22H,4-5,11-16,18H2,1H3,(H,25,28). The number of aryl methyl sites for hydroxylation is 1. The number of nitrogens with one attached hydrogen (secondary N) is 1. The molecule has 0 unspecified atom stereocenters. The maximum Gasteiger partial charge on any atom is 0.251 e. The van der Waals surface area contributed by atoms with Crippen molar-refractivity contribution in [2.75, 3.05) is 26.2 Å². The number of sulfonamides is 1. The summed E-state index contributed by atoms with van der Waals surface area (Å²) in [7, 11) is -3.52. The minimum Gasteiger partial charge on any atom is -0.349 e. The maximum absolute atomic E-state index is 12.8. The van der Waals surface area contributed by atoms with E-state index in [1.54, 1.807) is 18.2 Å². The van der Waals surface area contributed by atoms with E-state index in [0.717, 1.165) is 45.3 Å². The Hall–Kier alpha value is -2.22. The molecule has 0 aromatic heterocycles. The molecule has 0 atom stereocenters. The van der Waals surface area contributed by atoms with Gasteiger partial charge in [-0.1, -0.05) is 30.3 Å². The lowest BCUT2D eigenvalue weighted by atomic mass is 10.0. The molecule has 2 aromatic rings. The van der Waals surface area contributed by atoms with E-state index in [1.165, 1.54) is 21.5 Å². The second-order valence-corrected chi connectivity index (χ2v) is 10.5. The predicted octanol–water partition coefficient (Wildman–Crippen LogP) is 3.17. The van der Waals surface area contributed by atoms with Crippen LogP contribution in [-0.4, -0.2) is 55.8 Å².